The van der Waals surface area contributed by atoms with Gasteiger partial charge < -0.3 is 10.6 Å². The van der Waals surface area contributed by atoms with E-state index >= 15 is 0 Å². The fourth-order valence-corrected chi connectivity index (χ4v) is 3.62. The van der Waals surface area contributed by atoms with Crippen molar-refractivity contribution in [2.45, 2.75) is 19.0 Å². The molecule has 2 amide bonds. The Kier molecular flexibility index (Phi) is 7.44. The van der Waals surface area contributed by atoms with Crippen molar-refractivity contribution in [1.29, 1.82) is 0 Å². The van der Waals surface area contributed by atoms with Gasteiger partial charge in [0.05, 0.1) is 5.56 Å². The van der Waals surface area contributed by atoms with Crippen molar-refractivity contribution in [1.82, 2.24) is 4.98 Å². The lowest BCUT2D eigenvalue weighted by Gasteiger charge is -2.12. The van der Waals surface area contributed by atoms with E-state index in [-0.39, 0.29) is 18.2 Å². The zero-order valence-corrected chi connectivity index (χ0v) is 19.0. The molecule has 0 aliphatic heterocycles. The molecule has 182 valence electrons. The summed E-state index contributed by atoms with van der Waals surface area (Å²) in [4.78, 5) is 29.1. The summed E-state index contributed by atoms with van der Waals surface area (Å²) in [5, 5.41) is 5.56. The maximum atomic E-state index is 13.0. The summed E-state index contributed by atoms with van der Waals surface area (Å²) in [6.07, 6.45) is -2.03. The second kappa shape index (κ2) is 10.9. The van der Waals surface area contributed by atoms with E-state index in [1.165, 1.54) is 12.1 Å². The number of amides is 2. The minimum Gasteiger partial charge on any atom is -0.322 e. The molecule has 0 unspecified atom stereocenters. The standard InChI is InChI=1S/C28H22F3N3O2/c29-28(30,31)21-13-11-20(12-14-21)23-5-1-2-6-24(23)27(36)33-22-15-8-19(9-16-22)10-17-26(35)34-25-7-3-4-18-32-25/h1-9,11-16,18H,10,17H2,(H,33,36)(H,32,34,35). The summed E-state index contributed by atoms with van der Waals surface area (Å²) in [6.45, 7) is 0. The number of aromatic nitrogens is 1. The van der Waals surface area contributed by atoms with Gasteiger partial charge in [0, 0.05) is 23.9 Å². The largest absolute Gasteiger partial charge is 0.416 e. The van der Waals surface area contributed by atoms with Crippen LogP contribution in [0.3, 0.4) is 0 Å². The lowest BCUT2D eigenvalue weighted by Crippen LogP contribution is -2.14. The first-order valence-corrected chi connectivity index (χ1v) is 11.2. The minimum atomic E-state index is -4.43. The third kappa shape index (κ3) is 6.35. The van der Waals surface area contributed by atoms with Crippen LogP contribution in [0.2, 0.25) is 0 Å². The van der Waals surface area contributed by atoms with Crippen LogP contribution in [0, 0.1) is 0 Å². The summed E-state index contributed by atoms with van der Waals surface area (Å²) in [5.41, 5.74) is 2.11. The number of hydrogen-bond acceptors (Lipinski definition) is 3. The number of carbonyl (C=O) groups is 2. The second-order valence-electron chi connectivity index (χ2n) is 8.03. The van der Waals surface area contributed by atoms with Crippen LogP contribution >= 0.6 is 0 Å². The number of nitrogens with one attached hydrogen (secondary N) is 2. The molecule has 4 rings (SSSR count). The Morgan fingerprint density at radius 2 is 1.47 bits per heavy atom. The average molecular weight is 489 g/mol. The first-order valence-electron chi connectivity index (χ1n) is 11.2. The van der Waals surface area contributed by atoms with Crippen LogP contribution in [-0.2, 0) is 17.4 Å². The van der Waals surface area contributed by atoms with Crippen molar-refractivity contribution in [3.63, 3.8) is 0 Å². The molecule has 0 spiro atoms. The Hall–Kier alpha value is -4.46. The molecule has 0 saturated heterocycles. The molecular formula is C28H22F3N3O2. The predicted molar refractivity (Wildman–Crippen MR) is 132 cm³/mol. The lowest BCUT2D eigenvalue weighted by molar-refractivity contribution is -0.137. The number of aryl methyl sites for hydroxylation is 1. The molecule has 36 heavy (non-hydrogen) atoms. The molecule has 0 aliphatic carbocycles. The zero-order valence-electron chi connectivity index (χ0n) is 19.0. The predicted octanol–water partition coefficient (Wildman–Crippen LogP) is 6.59. The van der Waals surface area contributed by atoms with E-state index in [9.17, 15) is 22.8 Å². The summed E-state index contributed by atoms with van der Waals surface area (Å²) in [7, 11) is 0. The molecule has 0 bridgehead atoms. The number of alkyl halides is 3. The number of anilines is 2. The first kappa shape index (κ1) is 24.7. The van der Waals surface area contributed by atoms with Crippen molar-refractivity contribution < 1.29 is 22.8 Å². The smallest absolute Gasteiger partial charge is 0.322 e. The van der Waals surface area contributed by atoms with Crippen LogP contribution in [0.5, 0.6) is 0 Å². The highest BCUT2D eigenvalue weighted by atomic mass is 19.4. The topological polar surface area (TPSA) is 71.1 Å². The Balaban J connectivity index is 1.39. The number of carbonyl (C=O) groups excluding carboxylic acids is 2. The zero-order chi connectivity index (χ0) is 25.5. The Labute approximate surface area is 206 Å². The van der Waals surface area contributed by atoms with Crippen LogP contribution in [0.1, 0.15) is 27.9 Å². The monoisotopic (exact) mass is 489 g/mol. The van der Waals surface area contributed by atoms with Crippen LogP contribution in [0.4, 0.5) is 24.7 Å². The normalized spacial score (nSPS) is 11.1. The highest BCUT2D eigenvalue weighted by Gasteiger charge is 2.30. The highest BCUT2D eigenvalue weighted by Crippen LogP contribution is 2.32. The Morgan fingerprint density at radius 1 is 0.778 bits per heavy atom. The molecule has 0 radical (unpaired) electrons. The van der Waals surface area contributed by atoms with Gasteiger partial charge in [-0.25, -0.2) is 4.98 Å². The van der Waals surface area contributed by atoms with Crippen molar-refractivity contribution in [2.75, 3.05) is 10.6 Å². The van der Waals surface area contributed by atoms with Crippen LogP contribution in [0.25, 0.3) is 11.1 Å². The summed E-state index contributed by atoms with van der Waals surface area (Å²) in [5.74, 6) is -0.0314. The highest BCUT2D eigenvalue weighted by molar-refractivity contribution is 6.08. The van der Waals surface area contributed by atoms with Gasteiger partial charge in [-0.3, -0.25) is 9.59 Å². The molecule has 1 aromatic heterocycles. The Bertz CT molecular complexity index is 1340. The van der Waals surface area contributed by atoms with Gasteiger partial charge in [0.2, 0.25) is 5.91 Å². The molecule has 8 heteroatoms. The molecule has 2 N–H and O–H groups in total. The van der Waals surface area contributed by atoms with Crippen molar-refractivity contribution >= 4 is 23.3 Å². The summed E-state index contributed by atoms with van der Waals surface area (Å²) in [6, 6.07) is 23.8. The van der Waals surface area contributed by atoms with E-state index in [2.05, 4.69) is 15.6 Å². The van der Waals surface area contributed by atoms with Gasteiger partial charge in [0.25, 0.3) is 5.91 Å². The number of pyridine rings is 1. The SMILES string of the molecule is O=C(CCc1ccc(NC(=O)c2ccccc2-c2ccc(C(F)(F)F)cc2)cc1)Nc1ccccn1. The van der Waals surface area contributed by atoms with Gasteiger partial charge in [-0.2, -0.15) is 13.2 Å². The second-order valence-corrected chi connectivity index (χ2v) is 8.03. The molecule has 0 saturated carbocycles. The molecule has 4 aromatic rings. The maximum Gasteiger partial charge on any atom is 0.416 e. The third-order valence-corrected chi connectivity index (χ3v) is 5.48. The number of hydrogen-bond donors (Lipinski definition) is 2. The van der Waals surface area contributed by atoms with E-state index < -0.39 is 11.7 Å². The van der Waals surface area contributed by atoms with E-state index in [0.717, 1.165) is 17.7 Å². The number of rotatable bonds is 7. The van der Waals surface area contributed by atoms with Crippen molar-refractivity contribution in [3.8, 4) is 11.1 Å². The maximum absolute atomic E-state index is 13.0. The summed E-state index contributed by atoms with van der Waals surface area (Å²) >= 11 is 0. The van der Waals surface area contributed by atoms with Crippen molar-refractivity contribution in [2.24, 2.45) is 0 Å². The van der Waals surface area contributed by atoms with Gasteiger partial charge in [-0.1, -0.05) is 48.5 Å². The number of halogens is 3. The van der Waals surface area contributed by atoms with Crippen LogP contribution < -0.4 is 10.6 Å². The molecule has 0 atom stereocenters. The van der Waals surface area contributed by atoms with Gasteiger partial charge in [-0.05, 0) is 65.6 Å². The Morgan fingerprint density at radius 3 is 2.14 bits per heavy atom. The quantitative estimate of drug-likeness (QED) is 0.308. The molecule has 0 fully saturated rings. The van der Waals surface area contributed by atoms with Gasteiger partial charge >= 0.3 is 6.18 Å². The molecule has 5 nitrogen and oxygen atoms in total. The van der Waals surface area contributed by atoms with E-state index in [1.807, 2.05) is 12.1 Å². The molecule has 1 heterocycles. The first-order chi connectivity index (χ1) is 17.3. The molecule has 0 aliphatic rings. The van der Waals surface area contributed by atoms with E-state index in [4.69, 9.17) is 0 Å². The van der Waals surface area contributed by atoms with Gasteiger partial charge in [-0.15, -0.1) is 0 Å². The summed E-state index contributed by atoms with van der Waals surface area (Å²) < 4.78 is 38.7. The number of benzene rings is 3. The number of nitrogens with zero attached hydrogens (tertiary/aromatic N) is 1. The van der Waals surface area contributed by atoms with Crippen molar-refractivity contribution in [3.05, 3.63) is 114 Å². The van der Waals surface area contributed by atoms with Gasteiger partial charge in [0.1, 0.15) is 5.82 Å². The third-order valence-electron chi connectivity index (χ3n) is 5.48. The van der Waals surface area contributed by atoms with E-state index in [1.54, 1.807) is 60.8 Å². The van der Waals surface area contributed by atoms with Crippen LogP contribution in [-0.4, -0.2) is 16.8 Å². The minimum absolute atomic E-state index is 0.147. The van der Waals surface area contributed by atoms with Gasteiger partial charge in [0.15, 0.2) is 0 Å². The molecule has 3 aromatic carbocycles. The fourth-order valence-electron chi connectivity index (χ4n) is 3.62. The average Bonchev–Trinajstić information content (AvgIpc) is 2.88. The van der Waals surface area contributed by atoms with E-state index in [0.29, 0.717) is 34.6 Å². The molecular weight excluding hydrogens is 467 g/mol. The van der Waals surface area contributed by atoms with Crippen LogP contribution in [0.15, 0.2) is 97.2 Å². The lowest BCUT2D eigenvalue weighted by atomic mass is 9.98. The fraction of sp³-hybridized carbons (Fsp3) is 0.107.